The van der Waals surface area contributed by atoms with Gasteiger partial charge in [0, 0.05) is 20.0 Å². The standard InChI is InChI=1S/C8H13N5/c1-7(5-9)10-4-3-8-11-6-13(2)12-8/h6-7,10H,3-4H2,1-2H3. The lowest BCUT2D eigenvalue weighted by atomic mass is 10.3. The third-order valence-corrected chi connectivity index (χ3v) is 1.64. The SMILES string of the molecule is CC(C#N)NCCc1ncn(C)n1. The van der Waals surface area contributed by atoms with Gasteiger partial charge in [-0.2, -0.15) is 10.4 Å². The zero-order valence-corrected chi connectivity index (χ0v) is 7.86. The number of aryl methyl sites for hydroxylation is 1. The van der Waals surface area contributed by atoms with Crippen LogP contribution in [0.4, 0.5) is 0 Å². The molecule has 0 saturated carbocycles. The maximum absolute atomic E-state index is 8.49. The average molecular weight is 179 g/mol. The van der Waals surface area contributed by atoms with Crippen LogP contribution < -0.4 is 5.32 Å². The first-order chi connectivity index (χ1) is 6.22. The van der Waals surface area contributed by atoms with Gasteiger partial charge in [0.1, 0.15) is 6.33 Å². The number of rotatable bonds is 4. The molecule has 1 heterocycles. The Bertz CT molecular complexity index is 298. The summed E-state index contributed by atoms with van der Waals surface area (Å²) in [6, 6.07) is 1.99. The van der Waals surface area contributed by atoms with E-state index in [1.807, 2.05) is 14.0 Å². The Morgan fingerprint density at radius 3 is 3.08 bits per heavy atom. The van der Waals surface area contributed by atoms with Crippen LogP contribution in [0.25, 0.3) is 0 Å². The molecule has 5 nitrogen and oxygen atoms in total. The molecule has 0 amide bonds. The summed E-state index contributed by atoms with van der Waals surface area (Å²) in [6.45, 7) is 2.56. The smallest absolute Gasteiger partial charge is 0.151 e. The Balaban J connectivity index is 2.25. The minimum absolute atomic E-state index is 0.108. The summed E-state index contributed by atoms with van der Waals surface area (Å²) in [5.41, 5.74) is 0. The predicted molar refractivity (Wildman–Crippen MR) is 47.8 cm³/mol. The topological polar surface area (TPSA) is 66.5 Å². The van der Waals surface area contributed by atoms with Crippen molar-refractivity contribution in [1.82, 2.24) is 20.1 Å². The van der Waals surface area contributed by atoms with Crippen molar-refractivity contribution in [1.29, 1.82) is 5.26 Å². The molecule has 0 spiro atoms. The van der Waals surface area contributed by atoms with E-state index >= 15 is 0 Å². The molecule has 13 heavy (non-hydrogen) atoms. The van der Waals surface area contributed by atoms with Crippen LogP contribution in [-0.2, 0) is 13.5 Å². The van der Waals surface area contributed by atoms with E-state index in [1.54, 1.807) is 11.0 Å². The molecule has 0 saturated heterocycles. The second kappa shape index (κ2) is 4.58. The van der Waals surface area contributed by atoms with E-state index in [2.05, 4.69) is 21.5 Å². The van der Waals surface area contributed by atoms with Crippen LogP contribution >= 0.6 is 0 Å². The van der Waals surface area contributed by atoms with Crippen molar-refractivity contribution in [3.63, 3.8) is 0 Å². The van der Waals surface area contributed by atoms with E-state index in [0.29, 0.717) is 0 Å². The lowest BCUT2D eigenvalue weighted by Crippen LogP contribution is -2.26. The van der Waals surface area contributed by atoms with Crippen molar-refractivity contribution in [2.45, 2.75) is 19.4 Å². The fourth-order valence-electron chi connectivity index (χ4n) is 0.945. The number of aromatic nitrogens is 3. The van der Waals surface area contributed by atoms with E-state index < -0.39 is 0 Å². The summed E-state index contributed by atoms with van der Waals surface area (Å²) < 4.78 is 1.67. The van der Waals surface area contributed by atoms with E-state index in [1.165, 1.54) is 0 Å². The first-order valence-corrected chi connectivity index (χ1v) is 4.20. The number of nitriles is 1. The Morgan fingerprint density at radius 2 is 2.54 bits per heavy atom. The molecule has 5 heteroatoms. The summed E-state index contributed by atoms with van der Waals surface area (Å²) in [5, 5.41) is 15.6. The monoisotopic (exact) mass is 179 g/mol. The molecule has 70 valence electrons. The van der Waals surface area contributed by atoms with Gasteiger partial charge in [-0.1, -0.05) is 0 Å². The van der Waals surface area contributed by atoms with Crippen molar-refractivity contribution < 1.29 is 0 Å². The van der Waals surface area contributed by atoms with Gasteiger partial charge < -0.3 is 5.32 Å². The quantitative estimate of drug-likeness (QED) is 0.698. The van der Waals surface area contributed by atoms with Crippen LogP contribution in [-0.4, -0.2) is 27.4 Å². The van der Waals surface area contributed by atoms with Crippen molar-refractivity contribution in [3.05, 3.63) is 12.2 Å². The molecule has 0 aliphatic carbocycles. The normalized spacial score (nSPS) is 12.4. The molecule has 1 aromatic heterocycles. The molecule has 1 N–H and O–H groups in total. The molecular formula is C8H13N5. The molecule has 0 aromatic carbocycles. The van der Waals surface area contributed by atoms with Gasteiger partial charge in [-0.05, 0) is 6.92 Å². The second-order valence-corrected chi connectivity index (χ2v) is 2.89. The van der Waals surface area contributed by atoms with Crippen LogP contribution in [0.2, 0.25) is 0 Å². The predicted octanol–water partition coefficient (Wildman–Crippen LogP) is -0.141. The summed E-state index contributed by atoms with van der Waals surface area (Å²) in [6.07, 6.45) is 2.43. The van der Waals surface area contributed by atoms with Gasteiger partial charge in [0.15, 0.2) is 5.82 Å². The third kappa shape index (κ3) is 3.22. The van der Waals surface area contributed by atoms with Crippen LogP contribution in [0.15, 0.2) is 6.33 Å². The largest absolute Gasteiger partial charge is 0.302 e. The highest BCUT2D eigenvalue weighted by molar-refractivity contribution is 4.88. The van der Waals surface area contributed by atoms with E-state index in [0.717, 1.165) is 18.8 Å². The first-order valence-electron chi connectivity index (χ1n) is 4.20. The fourth-order valence-corrected chi connectivity index (χ4v) is 0.945. The van der Waals surface area contributed by atoms with Gasteiger partial charge in [-0.3, -0.25) is 4.68 Å². The van der Waals surface area contributed by atoms with Crippen molar-refractivity contribution in [2.75, 3.05) is 6.54 Å². The van der Waals surface area contributed by atoms with Crippen LogP contribution in [0.3, 0.4) is 0 Å². The molecular weight excluding hydrogens is 166 g/mol. The lowest BCUT2D eigenvalue weighted by molar-refractivity contribution is 0.625. The molecule has 0 fully saturated rings. The minimum atomic E-state index is -0.108. The second-order valence-electron chi connectivity index (χ2n) is 2.89. The summed E-state index contributed by atoms with van der Waals surface area (Å²) in [4.78, 5) is 4.07. The maximum atomic E-state index is 8.49. The van der Waals surface area contributed by atoms with Crippen LogP contribution in [0.5, 0.6) is 0 Å². The number of hydrogen-bond acceptors (Lipinski definition) is 4. The zero-order chi connectivity index (χ0) is 9.68. The lowest BCUT2D eigenvalue weighted by Gasteiger charge is -2.02. The molecule has 1 atom stereocenters. The van der Waals surface area contributed by atoms with Gasteiger partial charge in [-0.15, -0.1) is 0 Å². The van der Waals surface area contributed by atoms with Crippen molar-refractivity contribution in [3.8, 4) is 6.07 Å². The zero-order valence-electron chi connectivity index (χ0n) is 7.86. The number of nitrogens with zero attached hydrogens (tertiary/aromatic N) is 4. The summed E-state index contributed by atoms with van der Waals surface area (Å²) in [5.74, 6) is 0.806. The first kappa shape index (κ1) is 9.68. The fraction of sp³-hybridized carbons (Fsp3) is 0.625. The molecule has 0 bridgehead atoms. The summed E-state index contributed by atoms with van der Waals surface area (Å²) in [7, 11) is 1.84. The Kier molecular flexibility index (Phi) is 3.41. The van der Waals surface area contributed by atoms with Gasteiger partial charge in [0.05, 0.1) is 12.1 Å². The number of hydrogen-bond donors (Lipinski definition) is 1. The molecule has 0 radical (unpaired) electrons. The molecule has 1 unspecified atom stereocenters. The molecule has 1 rings (SSSR count). The highest BCUT2D eigenvalue weighted by atomic mass is 15.3. The Hall–Kier alpha value is -1.41. The average Bonchev–Trinajstić information content (AvgIpc) is 2.51. The molecule has 1 aromatic rings. The minimum Gasteiger partial charge on any atom is -0.302 e. The maximum Gasteiger partial charge on any atom is 0.151 e. The van der Waals surface area contributed by atoms with E-state index in [4.69, 9.17) is 5.26 Å². The van der Waals surface area contributed by atoms with Crippen molar-refractivity contribution >= 4 is 0 Å². The summed E-state index contributed by atoms with van der Waals surface area (Å²) >= 11 is 0. The Morgan fingerprint density at radius 1 is 1.77 bits per heavy atom. The van der Waals surface area contributed by atoms with Crippen LogP contribution in [0, 0.1) is 11.3 Å². The molecule has 0 aliphatic heterocycles. The number of nitrogens with one attached hydrogen (secondary N) is 1. The van der Waals surface area contributed by atoms with Gasteiger partial charge in [0.25, 0.3) is 0 Å². The van der Waals surface area contributed by atoms with Gasteiger partial charge >= 0.3 is 0 Å². The third-order valence-electron chi connectivity index (χ3n) is 1.64. The molecule has 0 aliphatic rings. The van der Waals surface area contributed by atoms with Gasteiger partial charge in [-0.25, -0.2) is 4.98 Å². The van der Waals surface area contributed by atoms with Crippen molar-refractivity contribution in [2.24, 2.45) is 7.05 Å². The highest BCUT2D eigenvalue weighted by Gasteiger charge is 2.00. The van der Waals surface area contributed by atoms with E-state index in [-0.39, 0.29) is 6.04 Å². The Labute approximate surface area is 77.4 Å². The van der Waals surface area contributed by atoms with Crippen LogP contribution in [0.1, 0.15) is 12.7 Å². The highest BCUT2D eigenvalue weighted by Crippen LogP contribution is 1.88. The van der Waals surface area contributed by atoms with Gasteiger partial charge in [0.2, 0.25) is 0 Å². The van der Waals surface area contributed by atoms with E-state index in [9.17, 15) is 0 Å².